The van der Waals surface area contributed by atoms with Crippen molar-refractivity contribution >= 4 is 11.6 Å². The second-order valence-electron chi connectivity index (χ2n) is 5.59. The van der Waals surface area contributed by atoms with Crippen molar-refractivity contribution in [3.05, 3.63) is 22.7 Å². The Hall–Kier alpha value is -1.44. The SMILES string of the molecule is COc1cc(Cl)cc(CNC(C)(C)C)c1OC(C)C#N. The van der Waals surface area contributed by atoms with E-state index in [2.05, 4.69) is 26.1 Å². The molecule has 5 heteroatoms. The van der Waals surface area contributed by atoms with Gasteiger partial charge in [0.05, 0.1) is 7.11 Å². The van der Waals surface area contributed by atoms with Gasteiger partial charge in [0.25, 0.3) is 0 Å². The van der Waals surface area contributed by atoms with Gasteiger partial charge in [0, 0.05) is 28.7 Å². The molecule has 1 unspecified atom stereocenters. The topological polar surface area (TPSA) is 54.3 Å². The zero-order valence-electron chi connectivity index (χ0n) is 12.6. The molecule has 20 heavy (non-hydrogen) atoms. The summed E-state index contributed by atoms with van der Waals surface area (Å²) in [5.74, 6) is 1.09. The number of halogens is 1. The Morgan fingerprint density at radius 1 is 1.40 bits per heavy atom. The molecular formula is C15H21ClN2O2. The molecule has 1 aromatic carbocycles. The van der Waals surface area contributed by atoms with E-state index in [-0.39, 0.29) is 5.54 Å². The van der Waals surface area contributed by atoms with Gasteiger partial charge in [-0.1, -0.05) is 11.6 Å². The van der Waals surface area contributed by atoms with Gasteiger partial charge in [-0.25, -0.2) is 0 Å². The number of ether oxygens (including phenoxy) is 2. The first-order valence-electron chi connectivity index (χ1n) is 6.44. The molecule has 0 saturated carbocycles. The fourth-order valence-corrected chi connectivity index (χ4v) is 1.83. The third kappa shape index (κ3) is 4.92. The molecule has 0 aromatic heterocycles. The first-order valence-corrected chi connectivity index (χ1v) is 6.82. The van der Waals surface area contributed by atoms with Crippen LogP contribution in [0.5, 0.6) is 11.5 Å². The van der Waals surface area contributed by atoms with Gasteiger partial charge >= 0.3 is 0 Å². The first-order chi connectivity index (χ1) is 9.26. The molecule has 0 bridgehead atoms. The maximum atomic E-state index is 8.91. The van der Waals surface area contributed by atoms with E-state index in [4.69, 9.17) is 26.3 Å². The summed E-state index contributed by atoms with van der Waals surface area (Å²) in [7, 11) is 1.55. The van der Waals surface area contributed by atoms with Gasteiger partial charge in [-0.05, 0) is 33.8 Å². The molecule has 0 radical (unpaired) electrons. The fraction of sp³-hybridized carbons (Fsp3) is 0.533. The molecule has 0 aliphatic carbocycles. The zero-order valence-corrected chi connectivity index (χ0v) is 13.3. The Morgan fingerprint density at radius 3 is 2.55 bits per heavy atom. The lowest BCUT2D eigenvalue weighted by Crippen LogP contribution is -2.35. The summed E-state index contributed by atoms with van der Waals surface area (Å²) >= 11 is 6.09. The molecule has 1 rings (SSSR count). The average molecular weight is 297 g/mol. The van der Waals surface area contributed by atoms with E-state index in [9.17, 15) is 0 Å². The maximum Gasteiger partial charge on any atom is 0.181 e. The van der Waals surface area contributed by atoms with Crippen molar-refractivity contribution in [3.63, 3.8) is 0 Å². The standard InChI is InChI=1S/C15H21ClN2O2/c1-10(8-17)20-14-11(9-18-15(2,3)4)6-12(16)7-13(14)19-5/h6-7,10,18H,9H2,1-5H3. The molecule has 0 saturated heterocycles. The highest BCUT2D eigenvalue weighted by molar-refractivity contribution is 6.30. The lowest BCUT2D eigenvalue weighted by Gasteiger charge is -2.23. The predicted molar refractivity (Wildman–Crippen MR) is 80.3 cm³/mol. The van der Waals surface area contributed by atoms with E-state index in [0.717, 1.165) is 5.56 Å². The molecule has 0 aliphatic heterocycles. The van der Waals surface area contributed by atoms with E-state index in [1.807, 2.05) is 12.1 Å². The van der Waals surface area contributed by atoms with Crippen LogP contribution in [0.2, 0.25) is 5.02 Å². The highest BCUT2D eigenvalue weighted by atomic mass is 35.5. The van der Waals surface area contributed by atoms with Crippen LogP contribution in [0.25, 0.3) is 0 Å². The van der Waals surface area contributed by atoms with Gasteiger partial charge < -0.3 is 14.8 Å². The number of methoxy groups -OCH3 is 1. The van der Waals surface area contributed by atoms with Crippen molar-refractivity contribution in [2.45, 2.75) is 45.9 Å². The predicted octanol–water partition coefficient (Wildman–Crippen LogP) is 3.53. The minimum absolute atomic E-state index is 0.0341. The largest absolute Gasteiger partial charge is 0.493 e. The normalized spacial score (nSPS) is 12.7. The monoisotopic (exact) mass is 296 g/mol. The smallest absolute Gasteiger partial charge is 0.181 e. The summed E-state index contributed by atoms with van der Waals surface area (Å²) < 4.78 is 10.9. The van der Waals surface area contributed by atoms with Gasteiger partial charge in [-0.3, -0.25) is 0 Å². The quantitative estimate of drug-likeness (QED) is 0.903. The minimum atomic E-state index is -0.557. The Morgan fingerprint density at radius 2 is 2.05 bits per heavy atom. The molecule has 0 heterocycles. The Labute approximate surface area is 125 Å². The van der Waals surface area contributed by atoms with Crippen LogP contribution in [0.3, 0.4) is 0 Å². The van der Waals surface area contributed by atoms with Crippen molar-refractivity contribution in [2.75, 3.05) is 7.11 Å². The summed E-state index contributed by atoms with van der Waals surface area (Å²) in [5.41, 5.74) is 0.833. The van der Waals surface area contributed by atoms with E-state index in [1.54, 1.807) is 20.1 Å². The third-order valence-electron chi connectivity index (χ3n) is 2.60. The number of rotatable bonds is 5. The number of nitriles is 1. The lowest BCUT2D eigenvalue weighted by molar-refractivity contribution is 0.255. The summed E-state index contributed by atoms with van der Waals surface area (Å²) in [6, 6.07) is 5.55. The maximum absolute atomic E-state index is 8.91. The van der Waals surface area contributed by atoms with Crippen molar-refractivity contribution in [1.82, 2.24) is 5.32 Å². The van der Waals surface area contributed by atoms with Crippen molar-refractivity contribution in [1.29, 1.82) is 5.26 Å². The van der Waals surface area contributed by atoms with E-state index < -0.39 is 6.10 Å². The zero-order chi connectivity index (χ0) is 15.3. The molecule has 1 aromatic rings. The number of benzene rings is 1. The van der Waals surface area contributed by atoms with Crippen LogP contribution in [0.4, 0.5) is 0 Å². The molecule has 0 aliphatic rings. The Balaban J connectivity index is 3.12. The Kier molecular flexibility index (Phi) is 5.67. The molecule has 0 fully saturated rings. The van der Waals surface area contributed by atoms with Crippen molar-refractivity contribution < 1.29 is 9.47 Å². The van der Waals surface area contributed by atoms with Crippen molar-refractivity contribution in [3.8, 4) is 17.6 Å². The molecule has 110 valence electrons. The van der Waals surface area contributed by atoms with Crippen LogP contribution in [0.1, 0.15) is 33.3 Å². The third-order valence-corrected chi connectivity index (χ3v) is 2.82. The molecular weight excluding hydrogens is 276 g/mol. The first kappa shape index (κ1) is 16.6. The van der Waals surface area contributed by atoms with Crippen LogP contribution in [-0.2, 0) is 6.54 Å². The van der Waals surface area contributed by atoms with Gasteiger partial charge in [-0.15, -0.1) is 0 Å². The molecule has 0 amide bonds. The second-order valence-corrected chi connectivity index (χ2v) is 6.03. The second kappa shape index (κ2) is 6.83. The van der Waals surface area contributed by atoms with Crippen molar-refractivity contribution in [2.24, 2.45) is 0 Å². The highest BCUT2D eigenvalue weighted by Crippen LogP contribution is 2.35. The molecule has 4 nitrogen and oxygen atoms in total. The van der Waals surface area contributed by atoms with Gasteiger partial charge in [-0.2, -0.15) is 5.26 Å². The van der Waals surface area contributed by atoms with Crippen LogP contribution in [0, 0.1) is 11.3 Å². The molecule has 0 spiro atoms. The summed E-state index contributed by atoms with van der Waals surface area (Å²) in [4.78, 5) is 0. The van der Waals surface area contributed by atoms with Crippen LogP contribution in [0.15, 0.2) is 12.1 Å². The van der Waals surface area contributed by atoms with Gasteiger partial charge in [0.2, 0.25) is 0 Å². The number of nitrogens with one attached hydrogen (secondary N) is 1. The van der Waals surface area contributed by atoms with Crippen LogP contribution >= 0.6 is 11.6 Å². The summed E-state index contributed by atoms with van der Waals surface area (Å²) in [5, 5.41) is 12.9. The van der Waals surface area contributed by atoms with E-state index in [0.29, 0.717) is 23.1 Å². The number of nitrogens with zero attached hydrogens (tertiary/aromatic N) is 1. The summed E-state index contributed by atoms with van der Waals surface area (Å²) in [6.07, 6.45) is -0.557. The van der Waals surface area contributed by atoms with E-state index in [1.165, 1.54) is 0 Å². The van der Waals surface area contributed by atoms with Gasteiger partial charge in [0.1, 0.15) is 6.07 Å². The Bertz CT molecular complexity index is 504. The van der Waals surface area contributed by atoms with Gasteiger partial charge in [0.15, 0.2) is 17.6 Å². The van der Waals surface area contributed by atoms with Crippen LogP contribution < -0.4 is 14.8 Å². The number of hydrogen-bond donors (Lipinski definition) is 1. The minimum Gasteiger partial charge on any atom is -0.493 e. The number of hydrogen-bond acceptors (Lipinski definition) is 4. The average Bonchev–Trinajstić information content (AvgIpc) is 2.37. The van der Waals surface area contributed by atoms with Crippen LogP contribution in [-0.4, -0.2) is 18.8 Å². The van der Waals surface area contributed by atoms with E-state index >= 15 is 0 Å². The summed E-state index contributed by atoms with van der Waals surface area (Å²) in [6.45, 7) is 8.50. The lowest BCUT2D eigenvalue weighted by atomic mass is 10.1. The molecule has 1 N–H and O–H groups in total. The fourth-order valence-electron chi connectivity index (χ4n) is 1.60. The highest BCUT2D eigenvalue weighted by Gasteiger charge is 2.17. The molecule has 1 atom stereocenters.